The van der Waals surface area contributed by atoms with Gasteiger partial charge in [-0.15, -0.1) is 0 Å². The third-order valence-corrected chi connectivity index (χ3v) is 3.35. The second-order valence-electron chi connectivity index (χ2n) is 4.69. The molecule has 1 N–H and O–H groups in total. The molecule has 2 amide bonds. The van der Waals surface area contributed by atoms with Crippen LogP contribution in [-0.4, -0.2) is 29.8 Å². The molecule has 4 nitrogen and oxygen atoms in total. The Morgan fingerprint density at radius 1 is 1.40 bits per heavy atom. The molecule has 0 aliphatic carbocycles. The number of hydrogen-bond acceptors (Lipinski definition) is 2. The first-order valence-electron chi connectivity index (χ1n) is 6.75. The Balaban J connectivity index is 2.92. The van der Waals surface area contributed by atoms with E-state index in [-0.39, 0.29) is 11.8 Å². The molecular formula is C15H21ClN2O2. The first kappa shape index (κ1) is 16.5. The van der Waals surface area contributed by atoms with Crippen molar-refractivity contribution >= 4 is 23.4 Å². The molecule has 0 unspecified atom stereocenters. The summed E-state index contributed by atoms with van der Waals surface area (Å²) in [6.45, 7) is 4.06. The summed E-state index contributed by atoms with van der Waals surface area (Å²) in [6.07, 6.45) is 1.19. The topological polar surface area (TPSA) is 49.4 Å². The average Bonchev–Trinajstić information content (AvgIpc) is 2.43. The maximum atomic E-state index is 12.2. The number of benzene rings is 1. The minimum atomic E-state index is -0.502. The minimum Gasteiger partial charge on any atom is -0.357 e. The number of hydrogen-bond donors (Lipinski definition) is 1. The Bertz CT molecular complexity index is 477. The van der Waals surface area contributed by atoms with Gasteiger partial charge in [-0.2, -0.15) is 0 Å². The van der Waals surface area contributed by atoms with Gasteiger partial charge in [0.1, 0.15) is 6.04 Å². The number of carbonyl (C=O) groups excluding carboxylic acids is 2. The van der Waals surface area contributed by atoms with Gasteiger partial charge in [0.05, 0.1) is 0 Å². The van der Waals surface area contributed by atoms with Crippen LogP contribution in [-0.2, 0) is 16.1 Å². The molecule has 0 spiro atoms. The van der Waals surface area contributed by atoms with Crippen LogP contribution in [0.15, 0.2) is 24.3 Å². The fourth-order valence-electron chi connectivity index (χ4n) is 1.98. The summed E-state index contributed by atoms with van der Waals surface area (Å²) in [4.78, 5) is 25.6. The molecule has 0 aliphatic heterocycles. The van der Waals surface area contributed by atoms with Crippen LogP contribution >= 0.6 is 11.6 Å². The van der Waals surface area contributed by atoms with Crippen molar-refractivity contribution in [3.05, 3.63) is 34.9 Å². The van der Waals surface area contributed by atoms with Crippen LogP contribution in [0.1, 0.15) is 32.3 Å². The van der Waals surface area contributed by atoms with Crippen LogP contribution < -0.4 is 5.32 Å². The standard InChI is InChI=1S/C15H21ClN2O2/c1-4-6-14(19)18(11(2)15(20)17-3)10-12-7-5-8-13(16)9-12/h5,7-9,11H,4,6,10H2,1-3H3,(H,17,20)/t11-/m1/s1. The number of nitrogens with zero attached hydrogens (tertiary/aromatic N) is 1. The third-order valence-electron chi connectivity index (χ3n) is 3.12. The van der Waals surface area contributed by atoms with Crippen LogP contribution in [0.3, 0.4) is 0 Å². The molecule has 0 aliphatic rings. The molecule has 1 aromatic rings. The van der Waals surface area contributed by atoms with E-state index in [0.29, 0.717) is 18.0 Å². The van der Waals surface area contributed by atoms with Crippen LogP contribution in [0.2, 0.25) is 5.02 Å². The number of likely N-dealkylation sites (N-methyl/N-ethyl adjacent to an activating group) is 1. The van der Waals surface area contributed by atoms with Crippen molar-refractivity contribution < 1.29 is 9.59 Å². The van der Waals surface area contributed by atoms with E-state index in [2.05, 4.69) is 5.32 Å². The van der Waals surface area contributed by atoms with E-state index in [0.717, 1.165) is 12.0 Å². The quantitative estimate of drug-likeness (QED) is 0.877. The second kappa shape index (κ2) is 7.90. The Kier molecular flexibility index (Phi) is 6.52. The molecule has 1 aromatic carbocycles. The number of nitrogens with one attached hydrogen (secondary N) is 1. The van der Waals surface area contributed by atoms with Crippen LogP contribution in [0.5, 0.6) is 0 Å². The SMILES string of the molecule is CCCC(=O)N(Cc1cccc(Cl)c1)[C@H](C)C(=O)NC. The first-order valence-corrected chi connectivity index (χ1v) is 7.12. The van der Waals surface area contributed by atoms with Crippen molar-refractivity contribution in [2.75, 3.05) is 7.05 Å². The van der Waals surface area contributed by atoms with Gasteiger partial charge in [-0.05, 0) is 31.0 Å². The van der Waals surface area contributed by atoms with E-state index in [1.807, 2.05) is 25.1 Å². The molecule has 110 valence electrons. The molecule has 1 rings (SSSR count). The Morgan fingerprint density at radius 3 is 2.65 bits per heavy atom. The summed E-state index contributed by atoms with van der Waals surface area (Å²) in [6, 6.07) is 6.83. The van der Waals surface area contributed by atoms with Gasteiger partial charge in [0.25, 0.3) is 0 Å². The summed E-state index contributed by atoms with van der Waals surface area (Å²) >= 11 is 5.96. The second-order valence-corrected chi connectivity index (χ2v) is 5.13. The van der Waals surface area contributed by atoms with Crippen LogP contribution in [0.25, 0.3) is 0 Å². The highest BCUT2D eigenvalue weighted by atomic mass is 35.5. The molecule has 5 heteroatoms. The highest BCUT2D eigenvalue weighted by molar-refractivity contribution is 6.30. The molecule has 0 bridgehead atoms. The molecule has 0 aromatic heterocycles. The van der Waals surface area contributed by atoms with Crippen molar-refractivity contribution in [1.29, 1.82) is 0 Å². The van der Waals surface area contributed by atoms with Crippen LogP contribution in [0.4, 0.5) is 0 Å². The van der Waals surface area contributed by atoms with Crippen LogP contribution in [0, 0.1) is 0 Å². The van der Waals surface area contributed by atoms with E-state index in [9.17, 15) is 9.59 Å². The highest BCUT2D eigenvalue weighted by Crippen LogP contribution is 2.15. The van der Waals surface area contributed by atoms with Gasteiger partial charge in [0.2, 0.25) is 11.8 Å². The molecule has 0 heterocycles. The lowest BCUT2D eigenvalue weighted by atomic mass is 10.1. The molecule has 20 heavy (non-hydrogen) atoms. The van der Waals surface area contributed by atoms with E-state index in [1.54, 1.807) is 24.9 Å². The fraction of sp³-hybridized carbons (Fsp3) is 0.467. The normalized spacial score (nSPS) is 11.8. The largest absolute Gasteiger partial charge is 0.357 e. The lowest BCUT2D eigenvalue weighted by Crippen LogP contribution is -2.46. The predicted molar refractivity (Wildman–Crippen MR) is 80.4 cm³/mol. The zero-order valence-corrected chi connectivity index (χ0v) is 12.9. The van der Waals surface area contributed by atoms with Gasteiger partial charge in [0, 0.05) is 25.0 Å². The number of halogens is 1. The summed E-state index contributed by atoms with van der Waals surface area (Å²) in [5.74, 6) is -0.194. The van der Waals surface area contributed by atoms with E-state index < -0.39 is 6.04 Å². The van der Waals surface area contributed by atoms with Gasteiger partial charge in [-0.25, -0.2) is 0 Å². The monoisotopic (exact) mass is 296 g/mol. The number of rotatable bonds is 6. The average molecular weight is 297 g/mol. The number of carbonyl (C=O) groups is 2. The van der Waals surface area contributed by atoms with Gasteiger partial charge in [0.15, 0.2) is 0 Å². The predicted octanol–water partition coefficient (Wildman–Crippen LogP) is 2.60. The highest BCUT2D eigenvalue weighted by Gasteiger charge is 2.24. The molecule has 0 saturated heterocycles. The maximum Gasteiger partial charge on any atom is 0.242 e. The molecular weight excluding hydrogens is 276 g/mol. The van der Waals surface area contributed by atoms with Gasteiger partial charge >= 0.3 is 0 Å². The van der Waals surface area contributed by atoms with Crippen molar-refractivity contribution in [2.45, 2.75) is 39.3 Å². The van der Waals surface area contributed by atoms with Gasteiger partial charge < -0.3 is 10.2 Å². The lowest BCUT2D eigenvalue weighted by Gasteiger charge is -2.28. The Labute approximate surface area is 125 Å². The fourth-order valence-corrected chi connectivity index (χ4v) is 2.19. The maximum absolute atomic E-state index is 12.2. The summed E-state index contributed by atoms with van der Waals surface area (Å²) < 4.78 is 0. The lowest BCUT2D eigenvalue weighted by molar-refractivity contribution is -0.140. The summed E-state index contributed by atoms with van der Waals surface area (Å²) in [5.41, 5.74) is 0.915. The van der Waals surface area contributed by atoms with Gasteiger partial charge in [-0.1, -0.05) is 30.7 Å². The van der Waals surface area contributed by atoms with E-state index in [4.69, 9.17) is 11.6 Å². The minimum absolute atomic E-state index is 0.0245. The zero-order valence-electron chi connectivity index (χ0n) is 12.1. The first-order chi connectivity index (χ1) is 9.49. The molecule has 1 atom stereocenters. The Morgan fingerprint density at radius 2 is 2.10 bits per heavy atom. The summed E-state index contributed by atoms with van der Waals surface area (Å²) in [5, 5.41) is 3.20. The molecule has 0 radical (unpaired) electrons. The van der Waals surface area contributed by atoms with Crippen molar-refractivity contribution in [1.82, 2.24) is 10.2 Å². The van der Waals surface area contributed by atoms with Crippen molar-refractivity contribution in [2.24, 2.45) is 0 Å². The van der Waals surface area contributed by atoms with E-state index in [1.165, 1.54) is 0 Å². The molecule has 0 fully saturated rings. The van der Waals surface area contributed by atoms with Crippen molar-refractivity contribution in [3.63, 3.8) is 0 Å². The van der Waals surface area contributed by atoms with E-state index >= 15 is 0 Å². The third kappa shape index (κ3) is 4.53. The van der Waals surface area contributed by atoms with Gasteiger partial charge in [-0.3, -0.25) is 9.59 Å². The molecule has 0 saturated carbocycles. The van der Waals surface area contributed by atoms with Crippen molar-refractivity contribution in [3.8, 4) is 0 Å². The zero-order chi connectivity index (χ0) is 15.1. The Hall–Kier alpha value is -1.55. The summed E-state index contributed by atoms with van der Waals surface area (Å²) in [7, 11) is 1.57. The number of amides is 2. The smallest absolute Gasteiger partial charge is 0.242 e.